The Labute approximate surface area is 197 Å². The van der Waals surface area contributed by atoms with Crippen LogP contribution in [0.3, 0.4) is 0 Å². The molecule has 0 aliphatic carbocycles. The normalized spacial score (nSPS) is 17.4. The van der Waals surface area contributed by atoms with Crippen molar-refractivity contribution in [2.45, 2.75) is 32.0 Å². The summed E-state index contributed by atoms with van der Waals surface area (Å²) in [7, 11) is 0. The number of ether oxygens (including phenoxy) is 2. The Hall–Kier alpha value is -4.01. The van der Waals surface area contributed by atoms with Gasteiger partial charge < -0.3 is 19.1 Å². The molecule has 0 amide bonds. The van der Waals surface area contributed by atoms with Crippen LogP contribution in [0.25, 0.3) is 22.2 Å². The minimum absolute atomic E-state index is 0.226. The average molecular weight is 483 g/mol. The van der Waals surface area contributed by atoms with Gasteiger partial charge in [-0.05, 0) is 42.5 Å². The number of hydrogen-bond donors (Lipinski definition) is 1. The molecule has 1 aromatic heterocycles. The van der Waals surface area contributed by atoms with Crippen molar-refractivity contribution < 1.29 is 37.1 Å². The van der Waals surface area contributed by atoms with E-state index in [0.29, 0.717) is 39.5 Å². The minimum atomic E-state index is -4.41. The molecular formula is C26H20F3NO5. The number of carboxylic acid groups (broad SMARTS) is 1. The largest absolute Gasteiger partial charge is 0.478 e. The van der Waals surface area contributed by atoms with Gasteiger partial charge in [-0.2, -0.15) is 13.2 Å². The molecule has 0 saturated heterocycles. The molecule has 1 atom stereocenters. The summed E-state index contributed by atoms with van der Waals surface area (Å²) in [5.74, 6) is 0.231. The van der Waals surface area contributed by atoms with Gasteiger partial charge in [0.1, 0.15) is 22.9 Å². The number of hydrogen-bond acceptors (Lipinski definition) is 5. The Morgan fingerprint density at radius 1 is 1.06 bits per heavy atom. The van der Waals surface area contributed by atoms with Crippen molar-refractivity contribution in [2.24, 2.45) is 5.92 Å². The molecule has 5 rings (SSSR count). The summed E-state index contributed by atoms with van der Waals surface area (Å²) < 4.78 is 55.7. The smallest absolute Gasteiger partial charge is 0.416 e. The van der Waals surface area contributed by atoms with Gasteiger partial charge in [-0.1, -0.05) is 31.1 Å². The number of nitrogens with zero attached hydrogens (tertiary/aromatic N) is 1. The van der Waals surface area contributed by atoms with E-state index in [1.165, 1.54) is 12.1 Å². The van der Waals surface area contributed by atoms with Gasteiger partial charge in [-0.15, -0.1) is 0 Å². The Kier molecular flexibility index (Phi) is 5.23. The fourth-order valence-corrected chi connectivity index (χ4v) is 4.20. The summed E-state index contributed by atoms with van der Waals surface area (Å²) in [6.45, 7) is 3.62. The lowest BCUT2D eigenvalue weighted by Crippen LogP contribution is -2.48. The SMILES string of the molecule is CC(C)C1(C(=O)O)Cc2cc(Oc3ccc4c(-c5ccc(C(F)(F)F)cc5)noc4c3)ccc2O1. The number of alkyl halides is 3. The van der Waals surface area contributed by atoms with Gasteiger partial charge in [0.25, 0.3) is 0 Å². The van der Waals surface area contributed by atoms with Crippen molar-refractivity contribution in [3.63, 3.8) is 0 Å². The van der Waals surface area contributed by atoms with Crippen LogP contribution in [0.1, 0.15) is 25.0 Å². The molecule has 1 aliphatic heterocycles. The summed E-state index contributed by atoms with van der Waals surface area (Å²) in [6, 6.07) is 14.9. The minimum Gasteiger partial charge on any atom is -0.478 e. The van der Waals surface area contributed by atoms with Gasteiger partial charge in [0.15, 0.2) is 5.58 Å². The van der Waals surface area contributed by atoms with Crippen LogP contribution >= 0.6 is 0 Å². The van der Waals surface area contributed by atoms with Crippen LogP contribution in [0.4, 0.5) is 13.2 Å². The van der Waals surface area contributed by atoms with Crippen molar-refractivity contribution in [2.75, 3.05) is 0 Å². The zero-order valence-electron chi connectivity index (χ0n) is 18.7. The third-order valence-corrected chi connectivity index (χ3v) is 6.24. The Morgan fingerprint density at radius 3 is 2.40 bits per heavy atom. The van der Waals surface area contributed by atoms with Crippen molar-refractivity contribution in [1.82, 2.24) is 5.16 Å². The van der Waals surface area contributed by atoms with Crippen molar-refractivity contribution in [3.8, 4) is 28.5 Å². The molecule has 0 spiro atoms. The molecule has 0 bridgehead atoms. The summed E-state index contributed by atoms with van der Waals surface area (Å²) in [5, 5.41) is 14.4. The number of halogens is 3. The molecule has 6 nitrogen and oxygen atoms in total. The maximum absolute atomic E-state index is 12.8. The molecule has 0 fully saturated rings. The highest BCUT2D eigenvalue weighted by Crippen LogP contribution is 2.42. The first kappa shape index (κ1) is 22.8. The molecule has 9 heteroatoms. The molecule has 1 unspecified atom stereocenters. The summed E-state index contributed by atoms with van der Waals surface area (Å²) in [4.78, 5) is 11.9. The molecule has 0 saturated carbocycles. The van der Waals surface area contributed by atoms with E-state index in [1.54, 1.807) is 36.4 Å². The first-order valence-electron chi connectivity index (χ1n) is 10.9. The van der Waals surface area contributed by atoms with Crippen molar-refractivity contribution in [1.29, 1.82) is 0 Å². The first-order valence-corrected chi connectivity index (χ1v) is 10.9. The lowest BCUT2D eigenvalue weighted by Gasteiger charge is -2.27. The van der Waals surface area contributed by atoms with Crippen LogP contribution in [-0.2, 0) is 17.4 Å². The van der Waals surface area contributed by atoms with Crippen LogP contribution in [0, 0.1) is 5.92 Å². The second-order valence-electron chi connectivity index (χ2n) is 8.76. The molecule has 1 aliphatic rings. The maximum Gasteiger partial charge on any atom is 0.416 e. The third-order valence-electron chi connectivity index (χ3n) is 6.24. The topological polar surface area (TPSA) is 81.8 Å². The molecule has 0 radical (unpaired) electrons. The predicted octanol–water partition coefficient (Wildman–Crippen LogP) is 6.72. The lowest BCUT2D eigenvalue weighted by molar-refractivity contribution is -0.157. The van der Waals surface area contributed by atoms with Crippen molar-refractivity contribution in [3.05, 3.63) is 71.8 Å². The predicted molar refractivity (Wildman–Crippen MR) is 120 cm³/mol. The van der Waals surface area contributed by atoms with E-state index in [0.717, 1.165) is 17.7 Å². The standard InChI is InChI=1S/C26H20F3NO5/c1-14(2)25(24(31)32)13-16-11-18(8-10-21(16)34-25)33-19-7-9-20-22(12-19)35-30-23(20)15-3-5-17(6-4-15)26(27,28)29/h3-12,14H,13H2,1-2H3,(H,31,32). The Bertz CT molecular complexity index is 1430. The first-order chi connectivity index (χ1) is 16.6. The highest BCUT2D eigenvalue weighted by Gasteiger charge is 2.49. The van der Waals surface area contributed by atoms with E-state index in [2.05, 4.69) is 5.16 Å². The maximum atomic E-state index is 12.8. The summed E-state index contributed by atoms with van der Waals surface area (Å²) in [6.07, 6.45) is -4.19. The molecule has 3 aromatic carbocycles. The number of aliphatic carboxylic acids is 1. The number of fused-ring (bicyclic) bond motifs is 2. The van der Waals surface area contributed by atoms with E-state index >= 15 is 0 Å². The second-order valence-corrected chi connectivity index (χ2v) is 8.76. The van der Waals surface area contributed by atoms with Gasteiger partial charge in [0.2, 0.25) is 5.60 Å². The Balaban J connectivity index is 1.38. The highest BCUT2D eigenvalue weighted by atomic mass is 19.4. The number of benzene rings is 3. The van der Waals surface area contributed by atoms with Crippen LogP contribution in [0.5, 0.6) is 17.2 Å². The highest BCUT2D eigenvalue weighted by molar-refractivity contribution is 5.92. The molecule has 4 aromatic rings. The average Bonchev–Trinajstić information content (AvgIpc) is 3.40. The summed E-state index contributed by atoms with van der Waals surface area (Å²) in [5.41, 5.74) is 0.0211. The zero-order chi connectivity index (χ0) is 25.0. The van der Waals surface area contributed by atoms with E-state index in [4.69, 9.17) is 14.0 Å². The molecular weight excluding hydrogens is 463 g/mol. The molecule has 180 valence electrons. The fraction of sp³-hybridized carbons (Fsp3) is 0.231. The van der Waals surface area contributed by atoms with Crippen LogP contribution in [-0.4, -0.2) is 21.8 Å². The van der Waals surface area contributed by atoms with E-state index < -0.39 is 23.3 Å². The van der Waals surface area contributed by atoms with Crippen molar-refractivity contribution >= 4 is 16.9 Å². The van der Waals surface area contributed by atoms with E-state index in [9.17, 15) is 23.1 Å². The number of carbonyl (C=O) groups is 1. The fourth-order valence-electron chi connectivity index (χ4n) is 4.20. The number of aromatic nitrogens is 1. The Morgan fingerprint density at radius 2 is 1.74 bits per heavy atom. The quantitative estimate of drug-likeness (QED) is 0.339. The lowest BCUT2D eigenvalue weighted by atomic mass is 9.86. The van der Waals surface area contributed by atoms with Gasteiger partial charge in [0, 0.05) is 34.9 Å². The van der Waals surface area contributed by atoms with Gasteiger partial charge in [-0.3, -0.25) is 0 Å². The molecule has 35 heavy (non-hydrogen) atoms. The van der Waals surface area contributed by atoms with Gasteiger partial charge >= 0.3 is 12.1 Å². The number of rotatable bonds is 5. The second kappa shape index (κ2) is 8.04. The van der Waals surface area contributed by atoms with Crippen LogP contribution in [0.2, 0.25) is 0 Å². The van der Waals surface area contributed by atoms with Crippen LogP contribution in [0.15, 0.2) is 65.2 Å². The molecule has 2 heterocycles. The number of carboxylic acids is 1. The van der Waals surface area contributed by atoms with E-state index in [1.807, 2.05) is 13.8 Å². The third kappa shape index (κ3) is 3.96. The van der Waals surface area contributed by atoms with Crippen LogP contribution < -0.4 is 9.47 Å². The van der Waals surface area contributed by atoms with Gasteiger partial charge in [-0.25, -0.2) is 4.79 Å². The van der Waals surface area contributed by atoms with E-state index in [-0.39, 0.29) is 12.3 Å². The monoisotopic (exact) mass is 483 g/mol. The van der Waals surface area contributed by atoms with Gasteiger partial charge in [0.05, 0.1) is 5.56 Å². The summed E-state index contributed by atoms with van der Waals surface area (Å²) >= 11 is 0. The molecule has 1 N–H and O–H groups in total. The zero-order valence-corrected chi connectivity index (χ0v) is 18.7.